The molecule has 0 aliphatic carbocycles. The van der Waals surface area contributed by atoms with E-state index in [2.05, 4.69) is 216 Å². The highest BCUT2D eigenvalue weighted by Gasteiger charge is 2.17. The highest BCUT2D eigenvalue weighted by Crippen LogP contribution is 2.40. The van der Waals surface area contributed by atoms with Crippen LogP contribution in [0.2, 0.25) is 0 Å². The minimum Gasteiger partial charge on any atom is -0.456 e. The zero-order valence-corrected chi connectivity index (χ0v) is 32.1. The van der Waals surface area contributed by atoms with Crippen LogP contribution in [-0.4, -0.2) is 4.57 Å². The van der Waals surface area contributed by atoms with Gasteiger partial charge in [0, 0.05) is 44.3 Å². The Kier molecular flexibility index (Phi) is 7.54. The number of aromatic nitrogens is 1. The molecule has 12 rings (SSSR count). The smallest absolute Gasteiger partial charge is 0.136 e. The van der Waals surface area contributed by atoms with E-state index in [-0.39, 0.29) is 0 Å². The lowest BCUT2D eigenvalue weighted by atomic mass is 9.97. The Morgan fingerprint density at radius 3 is 1.54 bits per heavy atom. The largest absolute Gasteiger partial charge is 0.456 e. The lowest BCUT2D eigenvalue weighted by Gasteiger charge is -2.26. The molecular weight excluding hydrogens is 717 g/mol. The molecule has 276 valence electrons. The molecule has 2 aromatic heterocycles. The van der Waals surface area contributed by atoms with E-state index in [1.807, 2.05) is 12.1 Å². The number of fused-ring (bicyclic) bond motifs is 9. The molecule has 0 saturated heterocycles. The fourth-order valence-corrected chi connectivity index (χ4v) is 9.12. The molecule has 12 aromatic rings. The van der Waals surface area contributed by atoms with Crippen molar-refractivity contribution in [2.75, 3.05) is 4.90 Å². The maximum absolute atomic E-state index is 6.26. The van der Waals surface area contributed by atoms with Crippen LogP contribution in [0.3, 0.4) is 0 Å². The summed E-state index contributed by atoms with van der Waals surface area (Å²) in [5.74, 6) is 0. The molecule has 3 nitrogen and oxygen atoms in total. The van der Waals surface area contributed by atoms with Gasteiger partial charge in [-0.25, -0.2) is 0 Å². The molecule has 0 aliphatic heterocycles. The molecule has 0 aliphatic rings. The van der Waals surface area contributed by atoms with E-state index < -0.39 is 0 Å². The van der Waals surface area contributed by atoms with Crippen molar-refractivity contribution >= 4 is 82.4 Å². The number of benzene rings is 10. The third-order valence-corrected chi connectivity index (χ3v) is 12.0. The Morgan fingerprint density at radius 2 is 0.831 bits per heavy atom. The van der Waals surface area contributed by atoms with Gasteiger partial charge in [-0.2, -0.15) is 0 Å². The summed E-state index contributed by atoms with van der Waals surface area (Å²) in [6, 6.07) is 78.8. The topological polar surface area (TPSA) is 21.3 Å². The molecule has 0 amide bonds. The molecule has 0 unspecified atom stereocenters. The van der Waals surface area contributed by atoms with Gasteiger partial charge in [-0.15, -0.1) is 0 Å². The van der Waals surface area contributed by atoms with Crippen LogP contribution in [0.1, 0.15) is 0 Å². The summed E-state index contributed by atoms with van der Waals surface area (Å²) in [5.41, 5.74) is 13.2. The van der Waals surface area contributed by atoms with Gasteiger partial charge in [0.05, 0.1) is 11.0 Å². The first kappa shape index (κ1) is 33.3. The Morgan fingerprint density at radius 1 is 0.305 bits per heavy atom. The van der Waals surface area contributed by atoms with Crippen molar-refractivity contribution < 1.29 is 4.42 Å². The van der Waals surface area contributed by atoms with Crippen LogP contribution in [0, 0.1) is 0 Å². The molecule has 0 bridgehead atoms. The predicted molar refractivity (Wildman–Crippen MR) is 249 cm³/mol. The lowest BCUT2D eigenvalue weighted by Crippen LogP contribution is -2.10. The summed E-state index contributed by atoms with van der Waals surface area (Å²) in [4.78, 5) is 2.36. The minimum atomic E-state index is 0.899. The number of nitrogens with zero attached hydrogens (tertiary/aromatic N) is 2. The molecular formula is C56H36N2O. The number of para-hydroxylation sites is 3. The zero-order valence-electron chi connectivity index (χ0n) is 32.1. The molecule has 59 heavy (non-hydrogen) atoms. The molecule has 0 atom stereocenters. The standard InChI is InChI=1S/C56H36N2O/c1-2-13-47-39(10-1)20-21-42-34-40(26-32-48(42)47)37-22-28-43(29-23-37)57(44-30-24-38(25-31-44)41-27-33-52-51-16-5-8-19-55(51)59-56(52)35-41)45-11-9-12-46(36-45)58-53-17-6-3-14-49(53)50-15-4-7-18-54(50)58/h1-36H. The molecule has 0 saturated carbocycles. The number of hydrogen-bond donors (Lipinski definition) is 0. The van der Waals surface area contributed by atoms with E-state index in [0.29, 0.717) is 0 Å². The van der Waals surface area contributed by atoms with Crippen LogP contribution in [0.25, 0.3) is 93.2 Å². The molecule has 0 N–H and O–H groups in total. The monoisotopic (exact) mass is 752 g/mol. The Bertz CT molecular complexity index is 3500. The average Bonchev–Trinajstić information content (AvgIpc) is 3.85. The summed E-state index contributed by atoms with van der Waals surface area (Å²) in [5, 5.41) is 9.84. The van der Waals surface area contributed by atoms with Crippen molar-refractivity contribution in [3.63, 3.8) is 0 Å². The highest BCUT2D eigenvalue weighted by molar-refractivity contribution is 6.10. The minimum absolute atomic E-state index is 0.899. The summed E-state index contributed by atoms with van der Waals surface area (Å²) in [6.07, 6.45) is 0. The molecule has 0 fully saturated rings. The van der Waals surface area contributed by atoms with Crippen LogP contribution >= 0.6 is 0 Å². The van der Waals surface area contributed by atoms with E-state index in [1.54, 1.807) is 0 Å². The zero-order chi connectivity index (χ0) is 38.9. The van der Waals surface area contributed by atoms with Crippen molar-refractivity contribution in [3.05, 3.63) is 218 Å². The molecule has 3 heteroatoms. The molecule has 10 aromatic carbocycles. The van der Waals surface area contributed by atoms with Crippen molar-refractivity contribution in [3.8, 4) is 27.9 Å². The third kappa shape index (κ3) is 5.51. The summed E-state index contributed by atoms with van der Waals surface area (Å²) < 4.78 is 8.64. The number of rotatable bonds is 6. The van der Waals surface area contributed by atoms with Gasteiger partial charge in [0.15, 0.2) is 0 Å². The van der Waals surface area contributed by atoms with Crippen LogP contribution in [0.5, 0.6) is 0 Å². The van der Waals surface area contributed by atoms with Crippen molar-refractivity contribution in [2.24, 2.45) is 0 Å². The van der Waals surface area contributed by atoms with Gasteiger partial charge in [0.25, 0.3) is 0 Å². The van der Waals surface area contributed by atoms with Crippen molar-refractivity contribution in [2.45, 2.75) is 0 Å². The molecule has 0 radical (unpaired) electrons. The van der Waals surface area contributed by atoms with Crippen LogP contribution in [0.4, 0.5) is 17.1 Å². The van der Waals surface area contributed by atoms with Crippen molar-refractivity contribution in [1.82, 2.24) is 4.57 Å². The van der Waals surface area contributed by atoms with Crippen molar-refractivity contribution in [1.29, 1.82) is 0 Å². The number of furan rings is 1. The average molecular weight is 753 g/mol. The maximum atomic E-state index is 6.26. The van der Waals surface area contributed by atoms with E-state index in [0.717, 1.165) is 55.8 Å². The lowest BCUT2D eigenvalue weighted by molar-refractivity contribution is 0.669. The van der Waals surface area contributed by atoms with Crippen LogP contribution in [-0.2, 0) is 0 Å². The number of anilines is 3. The third-order valence-electron chi connectivity index (χ3n) is 12.0. The number of hydrogen-bond acceptors (Lipinski definition) is 2. The normalized spacial score (nSPS) is 11.7. The quantitative estimate of drug-likeness (QED) is 0.158. The van der Waals surface area contributed by atoms with Gasteiger partial charge in [0.1, 0.15) is 11.2 Å². The van der Waals surface area contributed by atoms with E-state index in [9.17, 15) is 0 Å². The summed E-state index contributed by atoms with van der Waals surface area (Å²) in [7, 11) is 0. The highest BCUT2D eigenvalue weighted by atomic mass is 16.3. The second-order valence-corrected chi connectivity index (χ2v) is 15.4. The van der Waals surface area contributed by atoms with Gasteiger partial charge < -0.3 is 13.9 Å². The van der Waals surface area contributed by atoms with Gasteiger partial charge >= 0.3 is 0 Å². The van der Waals surface area contributed by atoms with E-state index in [1.165, 1.54) is 54.5 Å². The Labute approximate surface area is 341 Å². The first-order valence-corrected chi connectivity index (χ1v) is 20.2. The second-order valence-electron chi connectivity index (χ2n) is 15.4. The first-order valence-electron chi connectivity index (χ1n) is 20.2. The van der Waals surface area contributed by atoms with Gasteiger partial charge in [0.2, 0.25) is 0 Å². The molecule has 0 spiro atoms. The van der Waals surface area contributed by atoms with Gasteiger partial charge in [-0.1, -0.05) is 140 Å². The SMILES string of the molecule is c1cc(N(c2ccc(-c3ccc4c(ccc5ccccc54)c3)cc2)c2ccc(-c3ccc4c(c3)oc3ccccc34)cc2)cc(-n2c3ccccc3c3ccccc32)c1. The van der Waals surface area contributed by atoms with E-state index in [4.69, 9.17) is 4.42 Å². The van der Waals surface area contributed by atoms with Crippen LogP contribution < -0.4 is 4.90 Å². The van der Waals surface area contributed by atoms with E-state index >= 15 is 0 Å². The molecule has 2 heterocycles. The fourth-order valence-electron chi connectivity index (χ4n) is 9.12. The Balaban J connectivity index is 0.963. The Hall–Kier alpha value is -7.88. The second kappa shape index (κ2) is 13.4. The summed E-state index contributed by atoms with van der Waals surface area (Å²) >= 11 is 0. The first-order chi connectivity index (χ1) is 29.2. The summed E-state index contributed by atoms with van der Waals surface area (Å²) in [6.45, 7) is 0. The van der Waals surface area contributed by atoms with Crippen LogP contribution in [0.15, 0.2) is 223 Å². The fraction of sp³-hybridized carbons (Fsp3) is 0. The maximum Gasteiger partial charge on any atom is 0.136 e. The van der Waals surface area contributed by atoms with Gasteiger partial charge in [-0.05, 0) is 123 Å². The van der Waals surface area contributed by atoms with Gasteiger partial charge in [-0.3, -0.25) is 0 Å². The predicted octanol–water partition coefficient (Wildman–Crippen LogP) is 15.8.